The molecule has 6 aromatic carbocycles. The standard InChI is InChI=1S/C49H46N2O6/c1-49(2,40-11-16-47(38(23-40)28-45-31-56-45)54-20-4-18-52-43-14-9-34-22-33(30-50)6-7-36(34)26-43)41-12-17-48(39(24-41)29-46-32-57-46)55-21-5-19-53-44-15-10-35-25-42(51-3)13-8-37(35)27-44/h6-17,22-27,45-46H,4-5,18-21,28-29,31-32H2,1-2H3. The largest absolute Gasteiger partial charge is 0.493 e. The zero-order valence-corrected chi connectivity index (χ0v) is 32.5. The van der Waals surface area contributed by atoms with Gasteiger partial charge in [-0.15, -0.1) is 0 Å². The van der Waals surface area contributed by atoms with E-state index in [4.69, 9.17) is 35.0 Å². The van der Waals surface area contributed by atoms with Gasteiger partial charge in [0, 0.05) is 31.1 Å². The van der Waals surface area contributed by atoms with Gasteiger partial charge >= 0.3 is 0 Å². The van der Waals surface area contributed by atoms with E-state index in [1.165, 1.54) is 11.1 Å². The number of hydrogen-bond acceptors (Lipinski definition) is 7. The molecule has 0 spiro atoms. The molecule has 2 saturated heterocycles. The summed E-state index contributed by atoms with van der Waals surface area (Å²) in [7, 11) is 0. The molecule has 0 aliphatic carbocycles. The van der Waals surface area contributed by atoms with Crippen molar-refractivity contribution < 1.29 is 28.4 Å². The van der Waals surface area contributed by atoms with Crippen LogP contribution in [0.5, 0.6) is 23.0 Å². The second kappa shape index (κ2) is 17.0. The van der Waals surface area contributed by atoms with Crippen LogP contribution in [0, 0.1) is 17.9 Å². The molecule has 2 heterocycles. The van der Waals surface area contributed by atoms with Crippen LogP contribution in [0.2, 0.25) is 0 Å². The molecular formula is C49H46N2O6. The Hall–Kier alpha value is -6.06. The Kier molecular flexibility index (Phi) is 11.3. The van der Waals surface area contributed by atoms with E-state index in [0.29, 0.717) is 37.7 Å². The van der Waals surface area contributed by atoms with Gasteiger partial charge in [-0.05, 0) is 98.4 Å². The maximum Gasteiger partial charge on any atom is 0.187 e. The topological polar surface area (TPSA) is 90.1 Å². The highest BCUT2D eigenvalue weighted by molar-refractivity contribution is 5.87. The van der Waals surface area contributed by atoms with Crippen molar-refractivity contribution >= 4 is 27.2 Å². The van der Waals surface area contributed by atoms with Crippen molar-refractivity contribution in [1.29, 1.82) is 5.26 Å². The number of rotatable bonds is 18. The lowest BCUT2D eigenvalue weighted by Crippen LogP contribution is -2.20. The van der Waals surface area contributed by atoms with Crippen molar-refractivity contribution in [1.82, 2.24) is 0 Å². The van der Waals surface area contributed by atoms with Crippen LogP contribution < -0.4 is 18.9 Å². The molecule has 0 amide bonds. The monoisotopic (exact) mass is 758 g/mol. The average Bonchev–Trinajstić information content (AvgIpc) is 4.19. The molecule has 8 heteroatoms. The minimum atomic E-state index is -0.273. The first-order valence-electron chi connectivity index (χ1n) is 19.7. The van der Waals surface area contributed by atoms with Gasteiger partial charge in [0.15, 0.2) is 5.69 Å². The molecule has 57 heavy (non-hydrogen) atoms. The van der Waals surface area contributed by atoms with Crippen molar-refractivity contribution in [3.8, 4) is 29.1 Å². The molecule has 8 rings (SSSR count). The lowest BCUT2D eigenvalue weighted by Gasteiger charge is -2.28. The van der Waals surface area contributed by atoms with Crippen LogP contribution in [0.15, 0.2) is 109 Å². The number of fused-ring (bicyclic) bond motifs is 2. The summed E-state index contributed by atoms with van der Waals surface area (Å²) in [5.41, 5.74) is 5.75. The third-order valence-electron chi connectivity index (χ3n) is 10.8. The third-order valence-corrected chi connectivity index (χ3v) is 10.8. The summed E-state index contributed by atoms with van der Waals surface area (Å²) in [5.74, 6) is 3.39. The van der Waals surface area contributed by atoms with Crippen molar-refractivity contribution in [3.05, 3.63) is 148 Å². The van der Waals surface area contributed by atoms with E-state index in [0.717, 1.165) is 94.6 Å². The van der Waals surface area contributed by atoms with Gasteiger partial charge in [0.25, 0.3) is 0 Å². The SMILES string of the molecule is [C-]#[N+]c1ccc2cc(OCCCOc3ccc(C(C)(C)c4ccc(OCCCOc5ccc6cc(C#N)ccc6c5)c(CC5CO5)c4)cc3CC3CO3)ccc2c1. The Labute approximate surface area is 334 Å². The van der Waals surface area contributed by atoms with E-state index in [9.17, 15) is 5.26 Å². The first-order chi connectivity index (χ1) is 27.8. The minimum absolute atomic E-state index is 0.227. The summed E-state index contributed by atoms with van der Waals surface area (Å²) in [6.45, 7) is 15.5. The molecule has 0 aromatic heterocycles. The Bertz CT molecular complexity index is 2300. The smallest absolute Gasteiger partial charge is 0.187 e. The van der Waals surface area contributed by atoms with Crippen LogP contribution in [0.1, 0.15) is 54.5 Å². The lowest BCUT2D eigenvalue weighted by molar-refractivity contribution is 0.245. The average molecular weight is 759 g/mol. The summed E-state index contributed by atoms with van der Waals surface area (Å²) < 4.78 is 36.1. The molecule has 0 bridgehead atoms. The third kappa shape index (κ3) is 9.50. The summed E-state index contributed by atoms with van der Waals surface area (Å²) in [5, 5.41) is 13.3. The second-order valence-electron chi connectivity index (χ2n) is 15.3. The van der Waals surface area contributed by atoms with Crippen LogP contribution in [-0.2, 0) is 27.7 Å². The highest BCUT2D eigenvalue weighted by atomic mass is 16.6. The summed E-state index contributed by atoms with van der Waals surface area (Å²) >= 11 is 0. The highest BCUT2D eigenvalue weighted by Gasteiger charge is 2.30. The van der Waals surface area contributed by atoms with Gasteiger partial charge in [-0.25, -0.2) is 4.85 Å². The fourth-order valence-corrected chi connectivity index (χ4v) is 7.18. The van der Waals surface area contributed by atoms with Crippen LogP contribution in [0.4, 0.5) is 5.69 Å². The molecule has 0 saturated carbocycles. The predicted molar refractivity (Wildman–Crippen MR) is 222 cm³/mol. The Balaban J connectivity index is 0.875. The molecule has 2 fully saturated rings. The Morgan fingerprint density at radius 2 is 1.09 bits per heavy atom. The van der Waals surface area contributed by atoms with Gasteiger partial charge < -0.3 is 28.4 Å². The van der Waals surface area contributed by atoms with Crippen LogP contribution in [-0.4, -0.2) is 51.8 Å². The van der Waals surface area contributed by atoms with Crippen LogP contribution >= 0.6 is 0 Å². The van der Waals surface area contributed by atoms with E-state index in [2.05, 4.69) is 61.2 Å². The van der Waals surface area contributed by atoms with Gasteiger partial charge in [0.2, 0.25) is 0 Å². The minimum Gasteiger partial charge on any atom is -0.493 e. The quantitative estimate of drug-likeness (QED) is 0.0490. The van der Waals surface area contributed by atoms with E-state index >= 15 is 0 Å². The molecular weight excluding hydrogens is 713 g/mol. The lowest BCUT2D eigenvalue weighted by atomic mass is 9.76. The van der Waals surface area contributed by atoms with Crippen molar-refractivity contribution in [2.75, 3.05) is 39.6 Å². The maximum absolute atomic E-state index is 9.18. The van der Waals surface area contributed by atoms with Gasteiger partial charge in [-0.3, -0.25) is 0 Å². The zero-order valence-electron chi connectivity index (χ0n) is 32.5. The molecule has 288 valence electrons. The Morgan fingerprint density at radius 1 is 0.614 bits per heavy atom. The van der Waals surface area contributed by atoms with Gasteiger partial charge in [-0.1, -0.05) is 68.4 Å². The van der Waals surface area contributed by atoms with Gasteiger partial charge in [-0.2, -0.15) is 5.26 Å². The number of nitrogens with zero attached hydrogens (tertiary/aromatic N) is 2. The number of nitriles is 1. The predicted octanol–water partition coefficient (Wildman–Crippen LogP) is 10.3. The number of epoxide rings is 2. The number of benzene rings is 6. The first-order valence-corrected chi connectivity index (χ1v) is 19.7. The second-order valence-corrected chi connectivity index (χ2v) is 15.3. The fourth-order valence-electron chi connectivity index (χ4n) is 7.18. The van der Waals surface area contributed by atoms with Crippen LogP contribution in [0.25, 0.3) is 26.4 Å². The summed E-state index contributed by atoms with van der Waals surface area (Å²) in [6, 6.07) is 38.6. The van der Waals surface area contributed by atoms with Gasteiger partial charge in [0.05, 0.1) is 70.1 Å². The van der Waals surface area contributed by atoms with E-state index in [1.807, 2.05) is 72.8 Å². The maximum atomic E-state index is 9.18. The molecule has 2 atom stereocenters. The van der Waals surface area contributed by atoms with E-state index in [1.54, 1.807) is 0 Å². The normalized spacial score (nSPS) is 15.8. The summed E-state index contributed by atoms with van der Waals surface area (Å²) in [4.78, 5) is 3.52. The molecule has 2 aliphatic heterocycles. The number of hydrogen-bond donors (Lipinski definition) is 0. The van der Waals surface area contributed by atoms with Crippen molar-refractivity contribution in [2.45, 2.75) is 57.2 Å². The molecule has 0 N–H and O–H groups in total. The van der Waals surface area contributed by atoms with Gasteiger partial charge in [0.1, 0.15) is 23.0 Å². The highest BCUT2D eigenvalue weighted by Crippen LogP contribution is 2.38. The van der Waals surface area contributed by atoms with Crippen molar-refractivity contribution in [3.63, 3.8) is 0 Å². The van der Waals surface area contributed by atoms with Crippen LogP contribution in [0.3, 0.4) is 0 Å². The molecule has 6 aromatic rings. The number of ether oxygens (including phenoxy) is 6. The van der Waals surface area contributed by atoms with Crippen molar-refractivity contribution in [2.24, 2.45) is 0 Å². The molecule has 8 nitrogen and oxygen atoms in total. The Morgan fingerprint density at radius 3 is 1.60 bits per heavy atom. The molecule has 2 unspecified atom stereocenters. The molecule has 0 radical (unpaired) electrons. The zero-order chi connectivity index (χ0) is 39.2. The van der Waals surface area contributed by atoms with E-state index in [-0.39, 0.29) is 17.6 Å². The fraction of sp³-hybridized carbons (Fsp3) is 0.306. The first kappa shape index (κ1) is 37.8. The molecule has 2 aliphatic rings. The van der Waals surface area contributed by atoms with E-state index < -0.39 is 0 Å². The summed E-state index contributed by atoms with van der Waals surface area (Å²) in [6.07, 6.45) is 3.56.